The summed E-state index contributed by atoms with van der Waals surface area (Å²) < 4.78 is 2.40. The van der Waals surface area contributed by atoms with Gasteiger partial charge in [0.05, 0.1) is 0 Å². The number of nitrogens with zero attached hydrogens (tertiary/aromatic N) is 1. The molecule has 0 radical (unpaired) electrons. The quantitative estimate of drug-likeness (QED) is 0.735. The van der Waals surface area contributed by atoms with Crippen molar-refractivity contribution in [1.29, 1.82) is 0 Å². The molecule has 98 valence electrons. The van der Waals surface area contributed by atoms with E-state index in [-0.39, 0.29) is 0 Å². The second kappa shape index (κ2) is 5.40. The Morgan fingerprint density at radius 3 is 2.50 bits per heavy atom. The van der Waals surface area contributed by atoms with E-state index < -0.39 is 0 Å². The standard InChI is InChI=1S/C16H23NS/c1-11(2)17-9-14(10-18-12(3)4)16-13(5)7-6-8-15(16)17/h6-9,11-12H,10H2,1-5H3. The first-order chi connectivity index (χ1) is 8.50. The number of benzene rings is 1. The maximum Gasteiger partial charge on any atom is 0.0488 e. The van der Waals surface area contributed by atoms with Crippen LogP contribution in [0.5, 0.6) is 0 Å². The number of hydrogen-bond donors (Lipinski definition) is 0. The van der Waals surface area contributed by atoms with Gasteiger partial charge in [0.2, 0.25) is 0 Å². The van der Waals surface area contributed by atoms with Crippen LogP contribution in [-0.4, -0.2) is 9.82 Å². The molecule has 0 saturated carbocycles. The Bertz CT molecular complexity index is 537. The Labute approximate surface area is 115 Å². The van der Waals surface area contributed by atoms with E-state index in [2.05, 4.69) is 63.6 Å². The molecule has 0 fully saturated rings. The Kier molecular flexibility index (Phi) is 4.06. The fourth-order valence-corrected chi connectivity index (χ4v) is 3.11. The maximum atomic E-state index is 2.40. The van der Waals surface area contributed by atoms with E-state index in [1.807, 2.05) is 11.8 Å². The van der Waals surface area contributed by atoms with Crippen molar-refractivity contribution in [3.8, 4) is 0 Å². The number of aromatic nitrogens is 1. The molecule has 2 heteroatoms. The number of aryl methyl sites for hydroxylation is 1. The molecule has 0 aliphatic rings. The molecule has 0 saturated heterocycles. The van der Waals surface area contributed by atoms with Gasteiger partial charge in [-0.05, 0) is 43.2 Å². The van der Waals surface area contributed by atoms with Gasteiger partial charge in [-0.25, -0.2) is 0 Å². The van der Waals surface area contributed by atoms with E-state index in [1.165, 1.54) is 22.0 Å². The minimum absolute atomic E-state index is 0.520. The lowest BCUT2D eigenvalue weighted by atomic mass is 10.1. The lowest BCUT2D eigenvalue weighted by Crippen LogP contribution is -1.97. The molecule has 1 nitrogen and oxygen atoms in total. The first-order valence-electron chi connectivity index (χ1n) is 6.71. The third-order valence-corrected chi connectivity index (χ3v) is 4.42. The van der Waals surface area contributed by atoms with Crippen LogP contribution in [0.2, 0.25) is 0 Å². The summed E-state index contributed by atoms with van der Waals surface area (Å²) in [4.78, 5) is 0. The molecule has 0 spiro atoms. The van der Waals surface area contributed by atoms with Crippen molar-refractivity contribution >= 4 is 22.7 Å². The van der Waals surface area contributed by atoms with Crippen LogP contribution in [0.15, 0.2) is 24.4 Å². The van der Waals surface area contributed by atoms with Crippen molar-refractivity contribution in [2.45, 2.75) is 51.7 Å². The highest BCUT2D eigenvalue weighted by Gasteiger charge is 2.12. The number of hydrogen-bond acceptors (Lipinski definition) is 1. The number of rotatable bonds is 4. The van der Waals surface area contributed by atoms with E-state index in [0.29, 0.717) is 11.3 Å². The van der Waals surface area contributed by atoms with Gasteiger partial charge in [-0.1, -0.05) is 26.0 Å². The van der Waals surface area contributed by atoms with Crippen LogP contribution in [0.3, 0.4) is 0 Å². The normalized spacial score (nSPS) is 11.9. The fourth-order valence-electron chi connectivity index (χ4n) is 2.38. The van der Waals surface area contributed by atoms with Gasteiger partial charge in [0.15, 0.2) is 0 Å². The smallest absolute Gasteiger partial charge is 0.0488 e. The third kappa shape index (κ3) is 2.59. The highest BCUT2D eigenvalue weighted by molar-refractivity contribution is 7.99. The van der Waals surface area contributed by atoms with E-state index in [1.54, 1.807) is 0 Å². The van der Waals surface area contributed by atoms with Gasteiger partial charge < -0.3 is 4.57 Å². The summed E-state index contributed by atoms with van der Waals surface area (Å²) in [6.45, 7) is 11.2. The van der Waals surface area contributed by atoms with Crippen molar-refractivity contribution in [3.05, 3.63) is 35.5 Å². The zero-order chi connectivity index (χ0) is 13.3. The molecule has 2 aromatic rings. The van der Waals surface area contributed by atoms with Crippen molar-refractivity contribution < 1.29 is 0 Å². The number of fused-ring (bicyclic) bond motifs is 1. The predicted octanol–water partition coefficient (Wildman–Crippen LogP) is 5.17. The summed E-state index contributed by atoms with van der Waals surface area (Å²) in [5.74, 6) is 1.11. The van der Waals surface area contributed by atoms with Crippen LogP contribution < -0.4 is 0 Å². The summed E-state index contributed by atoms with van der Waals surface area (Å²) in [5, 5.41) is 2.14. The topological polar surface area (TPSA) is 4.93 Å². The van der Waals surface area contributed by atoms with Gasteiger partial charge in [0, 0.05) is 28.9 Å². The van der Waals surface area contributed by atoms with E-state index in [9.17, 15) is 0 Å². The van der Waals surface area contributed by atoms with Gasteiger partial charge in [0.25, 0.3) is 0 Å². The third-order valence-electron chi connectivity index (χ3n) is 3.27. The average molecular weight is 261 g/mol. The highest BCUT2D eigenvalue weighted by atomic mass is 32.2. The van der Waals surface area contributed by atoms with Crippen molar-refractivity contribution in [1.82, 2.24) is 4.57 Å². The second-order valence-corrected chi connectivity index (χ2v) is 7.05. The van der Waals surface area contributed by atoms with Crippen molar-refractivity contribution in [3.63, 3.8) is 0 Å². The van der Waals surface area contributed by atoms with Gasteiger partial charge in [-0.15, -0.1) is 0 Å². The Balaban J connectivity index is 2.52. The predicted molar refractivity (Wildman–Crippen MR) is 83.5 cm³/mol. The van der Waals surface area contributed by atoms with Crippen molar-refractivity contribution in [2.75, 3.05) is 0 Å². The molecule has 0 aliphatic heterocycles. The van der Waals surface area contributed by atoms with E-state index in [4.69, 9.17) is 0 Å². The Morgan fingerprint density at radius 1 is 1.17 bits per heavy atom. The molecule has 1 aromatic heterocycles. The molecule has 0 amide bonds. The minimum atomic E-state index is 0.520. The lowest BCUT2D eigenvalue weighted by Gasteiger charge is -2.09. The number of thioether (sulfide) groups is 1. The van der Waals surface area contributed by atoms with Gasteiger partial charge in [-0.3, -0.25) is 0 Å². The summed E-state index contributed by atoms with van der Waals surface area (Å²) in [6, 6.07) is 7.14. The first kappa shape index (κ1) is 13.5. The average Bonchev–Trinajstić information content (AvgIpc) is 2.67. The monoisotopic (exact) mass is 261 g/mol. The van der Waals surface area contributed by atoms with Crippen molar-refractivity contribution in [2.24, 2.45) is 0 Å². The molecular weight excluding hydrogens is 238 g/mol. The van der Waals surface area contributed by atoms with Crippen LogP contribution in [0.25, 0.3) is 10.9 Å². The van der Waals surface area contributed by atoms with E-state index in [0.717, 1.165) is 5.75 Å². The van der Waals surface area contributed by atoms with Crippen LogP contribution in [-0.2, 0) is 5.75 Å². The summed E-state index contributed by atoms with van der Waals surface area (Å²) >= 11 is 2.02. The van der Waals surface area contributed by atoms with Gasteiger partial charge >= 0.3 is 0 Å². The molecule has 18 heavy (non-hydrogen) atoms. The van der Waals surface area contributed by atoms with Crippen LogP contribution in [0, 0.1) is 6.92 Å². The summed E-state index contributed by atoms with van der Waals surface area (Å²) in [7, 11) is 0. The summed E-state index contributed by atoms with van der Waals surface area (Å²) in [6.07, 6.45) is 2.34. The zero-order valence-electron chi connectivity index (χ0n) is 12.0. The SMILES string of the molecule is Cc1cccc2c1c(CSC(C)C)cn2C(C)C. The summed E-state index contributed by atoms with van der Waals surface area (Å²) in [5.41, 5.74) is 4.26. The fraction of sp³-hybridized carbons (Fsp3) is 0.500. The first-order valence-corrected chi connectivity index (χ1v) is 7.76. The molecule has 2 rings (SSSR count). The zero-order valence-corrected chi connectivity index (χ0v) is 12.8. The largest absolute Gasteiger partial charge is 0.345 e. The molecular formula is C16H23NS. The molecule has 0 bridgehead atoms. The molecule has 1 aromatic carbocycles. The van der Waals surface area contributed by atoms with Crippen LogP contribution in [0.1, 0.15) is 44.9 Å². The molecule has 0 N–H and O–H groups in total. The van der Waals surface area contributed by atoms with Crippen LogP contribution >= 0.6 is 11.8 Å². The minimum Gasteiger partial charge on any atom is -0.345 e. The maximum absolute atomic E-state index is 2.40. The Hall–Kier alpha value is -0.890. The molecule has 1 heterocycles. The molecule has 0 atom stereocenters. The second-order valence-electron chi connectivity index (χ2n) is 5.48. The van der Waals surface area contributed by atoms with Gasteiger partial charge in [0.1, 0.15) is 0 Å². The highest BCUT2D eigenvalue weighted by Crippen LogP contribution is 2.30. The Morgan fingerprint density at radius 2 is 1.89 bits per heavy atom. The van der Waals surface area contributed by atoms with Gasteiger partial charge in [-0.2, -0.15) is 11.8 Å². The molecule has 0 aliphatic carbocycles. The van der Waals surface area contributed by atoms with Crippen LogP contribution in [0.4, 0.5) is 0 Å². The molecule has 0 unspecified atom stereocenters. The lowest BCUT2D eigenvalue weighted by molar-refractivity contribution is 0.621. The van der Waals surface area contributed by atoms with E-state index >= 15 is 0 Å².